The highest BCUT2D eigenvalue weighted by molar-refractivity contribution is 5.90. The summed E-state index contributed by atoms with van der Waals surface area (Å²) in [6, 6.07) is 24.6. The zero-order chi connectivity index (χ0) is 30.7. The van der Waals surface area contributed by atoms with Crippen LogP contribution < -0.4 is 10.6 Å². The summed E-state index contributed by atoms with van der Waals surface area (Å²) < 4.78 is 5.35. The number of nitrogens with one attached hydrogen (secondary N) is 2. The van der Waals surface area contributed by atoms with Gasteiger partial charge in [-0.15, -0.1) is 0 Å². The van der Waals surface area contributed by atoms with Gasteiger partial charge in [-0.3, -0.25) is 14.4 Å². The summed E-state index contributed by atoms with van der Waals surface area (Å²) in [6.45, 7) is 7.98. The van der Waals surface area contributed by atoms with Crippen LogP contribution in [0.15, 0.2) is 78.9 Å². The Kier molecular flexibility index (Phi) is 11.9. The standard InChI is InChI=1S/C35H44N2O5/c1-24-14-12-19-27(31(24)26-17-10-7-11-18-26)20-13-21-28(22-30(38)39)33(40)37-32(35(2,3)4)34(41)36-29(23-42-5)25-15-8-6-9-16-25/h6-12,14-19,28-29,32H,13,20-23H2,1-5H3,(H,36,41)(H,37,40)(H,38,39). The molecule has 0 bridgehead atoms. The molecule has 3 unspecified atom stereocenters. The number of hydrogen-bond donors (Lipinski definition) is 3. The van der Waals surface area contributed by atoms with Crippen molar-refractivity contribution in [3.8, 4) is 11.1 Å². The van der Waals surface area contributed by atoms with Crippen molar-refractivity contribution in [3.63, 3.8) is 0 Å². The summed E-state index contributed by atoms with van der Waals surface area (Å²) in [5.74, 6) is -2.59. The second-order valence-corrected chi connectivity index (χ2v) is 11.9. The van der Waals surface area contributed by atoms with Gasteiger partial charge in [-0.05, 0) is 59.4 Å². The fraction of sp³-hybridized carbons (Fsp3) is 0.400. The minimum absolute atomic E-state index is 0.270. The quantitative estimate of drug-likeness (QED) is 0.216. The van der Waals surface area contributed by atoms with Crippen molar-refractivity contribution in [2.45, 2.75) is 65.5 Å². The normalized spacial score (nSPS) is 13.5. The first-order chi connectivity index (χ1) is 20.0. The molecule has 7 heteroatoms. The van der Waals surface area contributed by atoms with Crippen LogP contribution in [0.2, 0.25) is 0 Å². The summed E-state index contributed by atoms with van der Waals surface area (Å²) in [5.41, 5.74) is 4.90. The maximum absolute atomic E-state index is 13.5. The highest BCUT2D eigenvalue weighted by Crippen LogP contribution is 2.29. The Labute approximate surface area is 249 Å². The number of carboxylic acids is 1. The van der Waals surface area contributed by atoms with E-state index in [-0.39, 0.29) is 18.9 Å². The number of carbonyl (C=O) groups is 3. The minimum Gasteiger partial charge on any atom is -0.481 e. The topological polar surface area (TPSA) is 105 Å². The van der Waals surface area contributed by atoms with Crippen LogP contribution in [0.3, 0.4) is 0 Å². The Hall–Kier alpha value is -3.97. The number of aliphatic carboxylic acids is 1. The van der Waals surface area contributed by atoms with E-state index in [9.17, 15) is 19.5 Å². The van der Waals surface area contributed by atoms with E-state index < -0.39 is 35.3 Å². The van der Waals surface area contributed by atoms with Gasteiger partial charge in [0.05, 0.1) is 19.1 Å². The van der Waals surface area contributed by atoms with Gasteiger partial charge in [0.15, 0.2) is 0 Å². The fourth-order valence-corrected chi connectivity index (χ4v) is 5.29. The number of methoxy groups -OCH3 is 1. The number of hydrogen-bond acceptors (Lipinski definition) is 4. The third kappa shape index (κ3) is 9.28. The lowest BCUT2D eigenvalue weighted by atomic mass is 9.84. The molecular formula is C35H44N2O5. The Morgan fingerprint density at radius 3 is 2.10 bits per heavy atom. The average molecular weight is 573 g/mol. The Balaban J connectivity index is 1.74. The van der Waals surface area contributed by atoms with E-state index in [1.165, 1.54) is 11.1 Å². The Bertz CT molecular complexity index is 1320. The number of aryl methyl sites for hydroxylation is 2. The molecule has 2 amide bonds. The van der Waals surface area contributed by atoms with Gasteiger partial charge in [0, 0.05) is 13.0 Å². The van der Waals surface area contributed by atoms with Crippen LogP contribution in [0, 0.1) is 18.3 Å². The molecule has 0 saturated carbocycles. The molecule has 42 heavy (non-hydrogen) atoms. The van der Waals surface area contributed by atoms with Crippen LogP contribution in [-0.4, -0.2) is 42.6 Å². The van der Waals surface area contributed by atoms with Crippen molar-refractivity contribution >= 4 is 17.8 Å². The molecule has 0 radical (unpaired) electrons. The predicted molar refractivity (Wildman–Crippen MR) is 166 cm³/mol. The van der Waals surface area contributed by atoms with Crippen LogP contribution in [0.25, 0.3) is 11.1 Å². The predicted octanol–water partition coefficient (Wildman–Crippen LogP) is 6.11. The van der Waals surface area contributed by atoms with E-state index in [4.69, 9.17) is 4.74 Å². The molecule has 0 spiro atoms. The van der Waals surface area contributed by atoms with Crippen LogP contribution in [0.1, 0.15) is 62.8 Å². The lowest BCUT2D eigenvalue weighted by Gasteiger charge is -2.33. The molecular weight excluding hydrogens is 528 g/mol. The molecule has 3 atom stereocenters. The first kappa shape index (κ1) is 32.5. The lowest BCUT2D eigenvalue weighted by Crippen LogP contribution is -2.55. The molecule has 0 aliphatic rings. The van der Waals surface area contributed by atoms with Gasteiger partial charge in [0.1, 0.15) is 6.04 Å². The third-order valence-corrected chi connectivity index (χ3v) is 7.48. The van der Waals surface area contributed by atoms with Gasteiger partial charge in [0.25, 0.3) is 0 Å². The van der Waals surface area contributed by atoms with Crippen molar-refractivity contribution < 1.29 is 24.2 Å². The van der Waals surface area contributed by atoms with E-state index in [2.05, 4.69) is 41.8 Å². The second-order valence-electron chi connectivity index (χ2n) is 11.9. The molecule has 3 rings (SSSR count). The van der Waals surface area contributed by atoms with Crippen molar-refractivity contribution in [2.24, 2.45) is 11.3 Å². The van der Waals surface area contributed by atoms with Crippen molar-refractivity contribution in [1.29, 1.82) is 0 Å². The van der Waals surface area contributed by atoms with Gasteiger partial charge >= 0.3 is 5.97 Å². The zero-order valence-electron chi connectivity index (χ0n) is 25.4. The van der Waals surface area contributed by atoms with Gasteiger partial charge in [-0.25, -0.2) is 0 Å². The highest BCUT2D eigenvalue weighted by atomic mass is 16.5. The summed E-state index contributed by atoms with van der Waals surface area (Å²) >= 11 is 0. The highest BCUT2D eigenvalue weighted by Gasteiger charge is 2.36. The number of benzene rings is 3. The van der Waals surface area contributed by atoms with Crippen molar-refractivity contribution in [3.05, 3.63) is 95.6 Å². The molecule has 0 fully saturated rings. The second kappa shape index (κ2) is 15.3. The van der Waals surface area contributed by atoms with Crippen molar-refractivity contribution in [1.82, 2.24) is 10.6 Å². The number of amides is 2. The molecule has 0 aliphatic heterocycles. The van der Waals surface area contributed by atoms with Gasteiger partial charge in [-0.2, -0.15) is 0 Å². The Morgan fingerprint density at radius 2 is 1.50 bits per heavy atom. The maximum atomic E-state index is 13.5. The third-order valence-electron chi connectivity index (χ3n) is 7.48. The molecule has 0 aromatic heterocycles. The average Bonchev–Trinajstić information content (AvgIpc) is 2.95. The van der Waals surface area contributed by atoms with E-state index in [1.54, 1.807) is 7.11 Å². The monoisotopic (exact) mass is 572 g/mol. The first-order valence-corrected chi connectivity index (χ1v) is 14.5. The maximum Gasteiger partial charge on any atom is 0.304 e. The number of ether oxygens (including phenoxy) is 1. The van der Waals surface area contributed by atoms with Crippen LogP contribution in [0.5, 0.6) is 0 Å². The fourth-order valence-electron chi connectivity index (χ4n) is 5.29. The molecule has 224 valence electrons. The lowest BCUT2D eigenvalue weighted by molar-refractivity contribution is -0.142. The number of carbonyl (C=O) groups excluding carboxylic acids is 2. The van der Waals surface area contributed by atoms with Gasteiger partial charge < -0.3 is 20.5 Å². The molecule has 0 heterocycles. The summed E-state index contributed by atoms with van der Waals surface area (Å²) in [6.07, 6.45) is 1.41. The number of rotatable bonds is 14. The SMILES string of the molecule is COCC(NC(=O)C(NC(=O)C(CCCc1cccc(C)c1-c1ccccc1)CC(=O)O)C(C)(C)C)c1ccccc1. The molecule has 3 aromatic rings. The van der Waals surface area contributed by atoms with E-state index in [1.807, 2.05) is 75.4 Å². The van der Waals surface area contributed by atoms with E-state index in [0.29, 0.717) is 19.3 Å². The molecule has 0 aliphatic carbocycles. The molecule has 0 saturated heterocycles. The van der Waals surface area contributed by atoms with Crippen molar-refractivity contribution in [2.75, 3.05) is 13.7 Å². The Morgan fingerprint density at radius 1 is 0.857 bits per heavy atom. The van der Waals surface area contributed by atoms with Gasteiger partial charge in [0.2, 0.25) is 11.8 Å². The van der Waals surface area contributed by atoms with Crippen LogP contribution in [-0.2, 0) is 25.5 Å². The summed E-state index contributed by atoms with van der Waals surface area (Å²) in [5, 5.41) is 15.5. The van der Waals surface area contributed by atoms with Crippen LogP contribution in [0.4, 0.5) is 0 Å². The van der Waals surface area contributed by atoms with E-state index >= 15 is 0 Å². The first-order valence-electron chi connectivity index (χ1n) is 14.5. The molecule has 7 nitrogen and oxygen atoms in total. The summed E-state index contributed by atoms with van der Waals surface area (Å²) in [4.78, 5) is 38.8. The number of carboxylic acid groups (broad SMARTS) is 1. The zero-order valence-corrected chi connectivity index (χ0v) is 25.4. The largest absolute Gasteiger partial charge is 0.481 e. The molecule has 3 aromatic carbocycles. The smallest absolute Gasteiger partial charge is 0.304 e. The van der Waals surface area contributed by atoms with E-state index in [0.717, 1.165) is 16.7 Å². The van der Waals surface area contributed by atoms with Gasteiger partial charge in [-0.1, -0.05) is 99.6 Å². The van der Waals surface area contributed by atoms with Crippen LogP contribution >= 0.6 is 0 Å². The minimum atomic E-state index is -1.04. The summed E-state index contributed by atoms with van der Waals surface area (Å²) in [7, 11) is 1.57. The molecule has 3 N–H and O–H groups in total.